The van der Waals surface area contributed by atoms with Crippen molar-refractivity contribution in [2.75, 3.05) is 11.9 Å². The van der Waals surface area contributed by atoms with Gasteiger partial charge in [-0.2, -0.15) is 0 Å². The van der Waals surface area contributed by atoms with Gasteiger partial charge in [0, 0.05) is 11.1 Å². The van der Waals surface area contributed by atoms with E-state index in [9.17, 15) is 4.79 Å². The molecule has 2 amide bonds. The molecule has 0 bridgehead atoms. The molecular formula is C13H16BrClN2O2. The number of benzene rings is 1. The first kappa shape index (κ1) is 14.6. The van der Waals surface area contributed by atoms with Crippen molar-refractivity contribution in [1.82, 2.24) is 5.32 Å². The van der Waals surface area contributed by atoms with Crippen molar-refractivity contribution in [3.05, 3.63) is 27.7 Å². The zero-order chi connectivity index (χ0) is 13.8. The predicted octanol–water partition coefficient (Wildman–Crippen LogP) is 3.79. The van der Waals surface area contributed by atoms with Crippen LogP contribution in [0, 0.1) is 0 Å². The van der Waals surface area contributed by atoms with Crippen molar-refractivity contribution in [2.45, 2.75) is 31.9 Å². The van der Waals surface area contributed by atoms with Crippen molar-refractivity contribution < 1.29 is 9.53 Å². The largest absolute Gasteiger partial charge is 0.376 e. The van der Waals surface area contributed by atoms with E-state index in [0.29, 0.717) is 10.7 Å². The summed E-state index contributed by atoms with van der Waals surface area (Å²) in [6.45, 7) is 2.72. The maximum absolute atomic E-state index is 11.9. The van der Waals surface area contributed by atoms with Gasteiger partial charge in [0.1, 0.15) is 0 Å². The molecule has 1 fully saturated rings. The second-order valence-corrected chi connectivity index (χ2v) is 5.89. The molecule has 0 spiro atoms. The Labute approximate surface area is 126 Å². The molecule has 6 heteroatoms. The molecule has 1 heterocycles. The third-order valence-corrected chi connectivity index (χ3v) is 3.87. The van der Waals surface area contributed by atoms with Gasteiger partial charge < -0.3 is 15.4 Å². The molecule has 0 saturated carbocycles. The van der Waals surface area contributed by atoms with Gasteiger partial charge in [-0.25, -0.2) is 4.79 Å². The monoisotopic (exact) mass is 346 g/mol. The number of halogens is 2. The Morgan fingerprint density at radius 1 is 1.58 bits per heavy atom. The lowest BCUT2D eigenvalue weighted by atomic mass is 10.1. The van der Waals surface area contributed by atoms with Gasteiger partial charge in [0.05, 0.1) is 22.9 Å². The number of ether oxygens (including phenoxy) is 1. The van der Waals surface area contributed by atoms with Gasteiger partial charge >= 0.3 is 6.03 Å². The normalized spacial score (nSPS) is 20.1. The van der Waals surface area contributed by atoms with E-state index < -0.39 is 0 Å². The van der Waals surface area contributed by atoms with E-state index in [1.807, 2.05) is 13.0 Å². The molecule has 1 aliphatic heterocycles. The number of carbonyl (C=O) groups excluding carboxylic acids is 1. The maximum atomic E-state index is 11.9. The molecule has 1 aliphatic rings. The van der Waals surface area contributed by atoms with E-state index >= 15 is 0 Å². The Morgan fingerprint density at radius 3 is 3.00 bits per heavy atom. The summed E-state index contributed by atoms with van der Waals surface area (Å²) in [5.41, 5.74) is 0.585. The minimum atomic E-state index is -0.271. The Balaban J connectivity index is 1.89. The van der Waals surface area contributed by atoms with Crippen LogP contribution in [0.2, 0.25) is 5.02 Å². The van der Waals surface area contributed by atoms with Crippen molar-refractivity contribution in [2.24, 2.45) is 0 Å². The van der Waals surface area contributed by atoms with Crippen LogP contribution in [0.25, 0.3) is 0 Å². The fourth-order valence-corrected chi connectivity index (χ4v) is 2.77. The van der Waals surface area contributed by atoms with E-state index in [1.54, 1.807) is 12.1 Å². The lowest BCUT2D eigenvalue weighted by Crippen LogP contribution is -2.43. The highest BCUT2D eigenvalue weighted by Gasteiger charge is 2.23. The number of anilines is 1. The van der Waals surface area contributed by atoms with Crippen LogP contribution in [-0.2, 0) is 4.74 Å². The van der Waals surface area contributed by atoms with Crippen LogP contribution in [0.3, 0.4) is 0 Å². The maximum Gasteiger partial charge on any atom is 0.319 e. The molecule has 0 aromatic heterocycles. The Morgan fingerprint density at radius 2 is 2.37 bits per heavy atom. The SMILES string of the molecule is C[C@@H](NC(=O)Nc1ccc(Br)cc1Cl)[C@@H]1CCCO1. The van der Waals surface area contributed by atoms with Crippen molar-refractivity contribution in [1.29, 1.82) is 0 Å². The van der Waals surface area contributed by atoms with Gasteiger partial charge in [0.2, 0.25) is 0 Å². The van der Waals surface area contributed by atoms with E-state index in [-0.39, 0.29) is 18.2 Å². The van der Waals surface area contributed by atoms with Gasteiger partial charge in [0.25, 0.3) is 0 Å². The standard InChI is InChI=1S/C13H16BrClN2O2/c1-8(12-3-2-6-19-12)16-13(18)17-11-5-4-9(14)7-10(11)15/h4-5,7-8,12H,2-3,6H2,1H3,(H2,16,17,18)/t8-,12+/m1/s1. The molecule has 104 valence electrons. The molecule has 2 atom stereocenters. The second kappa shape index (κ2) is 6.59. The first-order chi connectivity index (χ1) is 9.06. The number of urea groups is 1. The summed E-state index contributed by atoms with van der Waals surface area (Å²) < 4.78 is 6.40. The van der Waals surface area contributed by atoms with Crippen LogP contribution in [0.1, 0.15) is 19.8 Å². The van der Waals surface area contributed by atoms with Crippen molar-refractivity contribution in [3.8, 4) is 0 Å². The zero-order valence-corrected chi connectivity index (χ0v) is 12.9. The first-order valence-corrected chi connectivity index (χ1v) is 7.37. The van der Waals surface area contributed by atoms with Crippen LogP contribution >= 0.6 is 27.5 Å². The quantitative estimate of drug-likeness (QED) is 0.874. The van der Waals surface area contributed by atoms with Crippen LogP contribution in [0.4, 0.5) is 10.5 Å². The third kappa shape index (κ3) is 4.09. The van der Waals surface area contributed by atoms with Crippen LogP contribution in [-0.4, -0.2) is 24.8 Å². The number of amides is 2. The number of hydrogen-bond acceptors (Lipinski definition) is 2. The Bertz CT molecular complexity index is 464. The molecule has 1 aromatic rings. The van der Waals surface area contributed by atoms with Gasteiger partial charge in [0.15, 0.2) is 0 Å². The minimum absolute atomic E-state index is 0.0169. The summed E-state index contributed by atoms with van der Waals surface area (Å²) in [5, 5.41) is 6.09. The molecular weight excluding hydrogens is 332 g/mol. The molecule has 1 saturated heterocycles. The number of carbonyl (C=O) groups is 1. The summed E-state index contributed by atoms with van der Waals surface area (Å²) in [4.78, 5) is 11.9. The second-order valence-electron chi connectivity index (χ2n) is 4.56. The summed E-state index contributed by atoms with van der Waals surface area (Å²) >= 11 is 9.36. The number of nitrogens with one attached hydrogen (secondary N) is 2. The van der Waals surface area contributed by atoms with Crippen LogP contribution in [0.15, 0.2) is 22.7 Å². The average molecular weight is 348 g/mol. The van der Waals surface area contributed by atoms with Gasteiger partial charge in [-0.15, -0.1) is 0 Å². The number of hydrogen-bond donors (Lipinski definition) is 2. The lowest BCUT2D eigenvalue weighted by molar-refractivity contribution is 0.0868. The van der Waals surface area contributed by atoms with Gasteiger partial charge in [-0.3, -0.25) is 0 Å². The molecule has 2 rings (SSSR count). The highest BCUT2D eigenvalue weighted by atomic mass is 79.9. The fourth-order valence-electron chi connectivity index (χ4n) is 2.05. The molecule has 0 radical (unpaired) electrons. The molecule has 0 unspecified atom stereocenters. The molecule has 4 nitrogen and oxygen atoms in total. The topological polar surface area (TPSA) is 50.4 Å². The molecule has 2 N–H and O–H groups in total. The zero-order valence-electron chi connectivity index (χ0n) is 10.6. The van der Waals surface area contributed by atoms with Crippen molar-refractivity contribution >= 4 is 39.2 Å². The summed E-state index contributed by atoms with van der Waals surface area (Å²) in [7, 11) is 0. The van der Waals surface area contributed by atoms with Crippen LogP contribution in [0.5, 0.6) is 0 Å². The van der Waals surface area contributed by atoms with E-state index in [0.717, 1.165) is 23.9 Å². The lowest BCUT2D eigenvalue weighted by Gasteiger charge is -2.20. The smallest absolute Gasteiger partial charge is 0.319 e. The summed E-state index contributed by atoms with van der Waals surface area (Å²) in [6.07, 6.45) is 2.14. The average Bonchev–Trinajstić information content (AvgIpc) is 2.86. The fraction of sp³-hybridized carbons (Fsp3) is 0.462. The Hall–Kier alpha value is -0.780. The van der Waals surface area contributed by atoms with Gasteiger partial charge in [-0.1, -0.05) is 27.5 Å². The van der Waals surface area contributed by atoms with Crippen LogP contribution < -0.4 is 10.6 Å². The van der Waals surface area contributed by atoms with Crippen molar-refractivity contribution in [3.63, 3.8) is 0 Å². The number of rotatable bonds is 3. The molecule has 19 heavy (non-hydrogen) atoms. The highest BCUT2D eigenvalue weighted by Crippen LogP contribution is 2.25. The highest BCUT2D eigenvalue weighted by molar-refractivity contribution is 9.10. The third-order valence-electron chi connectivity index (χ3n) is 3.06. The summed E-state index contributed by atoms with van der Waals surface area (Å²) in [6, 6.07) is 5.03. The van der Waals surface area contributed by atoms with E-state index in [4.69, 9.17) is 16.3 Å². The van der Waals surface area contributed by atoms with Gasteiger partial charge in [-0.05, 0) is 38.0 Å². The van der Waals surface area contributed by atoms with E-state index in [1.165, 1.54) is 0 Å². The first-order valence-electron chi connectivity index (χ1n) is 6.20. The summed E-state index contributed by atoms with van der Waals surface area (Å²) in [5.74, 6) is 0. The minimum Gasteiger partial charge on any atom is -0.376 e. The van der Waals surface area contributed by atoms with E-state index in [2.05, 4.69) is 26.6 Å². The molecule has 0 aliphatic carbocycles. The predicted molar refractivity (Wildman–Crippen MR) is 79.7 cm³/mol. The Kier molecular flexibility index (Phi) is 5.07. The molecule has 1 aromatic carbocycles.